The Hall–Kier alpha value is -4.66. The molecule has 5 nitrogen and oxygen atoms in total. The van der Waals surface area contributed by atoms with E-state index in [0.717, 1.165) is 42.2 Å². The Labute approximate surface area is 268 Å². The third kappa shape index (κ3) is 9.19. The summed E-state index contributed by atoms with van der Waals surface area (Å²) in [7, 11) is 0. The van der Waals surface area contributed by atoms with Crippen LogP contribution >= 0.6 is 0 Å². The first-order chi connectivity index (χ1) is 22.2. The maximum Gasteiger partial charge on any atom is 0.415 e. The number of anilines is 2. The molecule has 8 heteroatoms. The van der Waals surface area contributed by atoms with Gasteiger partial charge in [0.05, 0.1) is 11.6 Å². The molecule has 4 aromatic carbocycles. The van der Waals surface area contributed by atoms with Crippen molar-refractivity contribution in [3.05, 3.63) is 155 Å². The van der Waals surface area contributed by atoms with Crippen LogP contribution in [0.3, 0.4) is 0 Å². The van der Waals surface area contributed by atoms with Crippen LogP contribution in [0.4, 0.5) is 24.5 Å². The van der Waals surface area contributed by atoms with E-state index >= 15 is 0 Å². The average molecular weight is 625 g/mol. The predicted molar refractivity (Wildman–Crippen MR) is 179 cm³/mol. The van der Waals surface area contributed by atoms with E-state index in [-0.39, 0.29) is 18.3 Å². The number of halogens is 3. The average Bonchev–Trinajstić information content (AvgIpc) is 3.89. The maximum atomic E-state index is 13.5. The molecule has 1 fully saturated rings. The van der Waals surface area contributed by atoms with Gasteiger partial charge in [0, 0.05) is 17.9 Å². The molecule has 1 saturated carbocycles. The summed E-state index contributed by atoms with van der Waals surface area (Å²) in [6.07, 6.45) is 0.198. The Bertz CT molecular complexity index is 1680. The number of carbonyl (C=O) groups excluding carboxylic acids is 1. The largest absolute Gasteiger partial charge is 0.415 e. The topological polar surface area (TPSA) is 79.2 Å². The second-order valence-corrected chi connectivity index (χ2v) is 11.7. The number of amides is 1. The molecule has 5 N–H and O–H groups in total. The van der Waals surface area contributed by atoms with E-state index in [1.807, 2.05) is 42.5 Å². The van der Waals surface area contributed by atoms with Crippen LogP contribution in [-0.2, 0) is 24.2 Å². The van der Waals surface area contributed by atoms with Crippen LogP contribution in [0.25, 0.3) is 0 Å². The molecular weight excluding hydrogens is 585 g/mol. The van der Waals surface area contributed by atoms with Gasteiger partial charge in [-0.3, -0.25) is 4.79 Å². The minimum absolute atomic E-state index is 0.137. The molecule has 1 unspecified atom stereocenters. The predicted octanol–water partition coefficient (Wildman–Crippen LogP) is 8.07. The van der Waals surface area contributed by atoms with Crippen molar-refractivity contribution in [1.82, 2.24) is 5.32 Å². The van der Waals surface area contributed by atoms with Crippen LogP contribution in [-0.4, -0.2) is 18.6 Å². The first-order valence-corrected chi connectivity index (χ1v) is 15.5. The summed E-state index contributed by atoms with van der Waals surface area (Å²) in [4.78, 5) is 13.5. The minimum Gasteiger partial charge on any atom is -0.351 e. The van der Waals surface area contributed by atoms with Gasteiger partial charge in [0.1, 0.15) is 5.70 Å². The number of hydrogen-bond acceptors (Lipinski definition) is 4. The highest BCUT2D eigenvalue weighted by Gasteiger charge is 2.31. The molecule has 0 heterocycles. The summed E-state index contributed by atoms with van der Waals surface area (Å²) >= 11 is 0. The lowest BCUT2D eigenvalue weighted by atomic mass is 9.91. The fourth-order valence-electron chi connectivity index (χ4n) is 5.32. The molecule has 1 aliphatic rings. The van der Waals surface area contributed by atoms with Crippen LogP contribution in [0.5, 0.6) is 0 Å². The van der Waals surface area contributed by atoms with Crippen molar-refractivity contribution in [2.75, 3.05) is 17.2 Å². The van der Waals surface area contributed by atoms with Crippen LogP contribution < -0.4 is 21.7 Å². The number of carbonyl (C=O) groups is 1. The molecule has 4 aromatic rings. The quantitative estimate of drug-likeness (QED) is 0.0845. The van der Waals surface area contributed by atoms with Crippen molar-refractivity contribution in [2.24, 2.45) is 11.7 Å². The number of nitrogens with two attached hydrogens (primary N) is 1. The minimum atomic E-state index is -4.69. The van der Waals surface area contributed by atoms with Gasteiger partial charge < -0.3 is 21.7 Å². The summed E-state index contributed by atoms with van der Waals surface area (Å²) < 4.78 is 40.4. The van der Waals surface area contributed by atoms with E-state index in [4.69, 9.17) is 5.73 Å². The highest BCUT2D eigenvalue weighted by molar-refractivity contribution is 6.06. The molecule has 0 bridgehead atoms. The number of hydrogen-bond donors (Lipinski definition) is 4. The van der Waals surface area contributed by atoms with Crippen LogP contribution in [0.1, 0.15) is 46.7 Å². The SMILES string of the molecule is C=C(/C=C(\Nc1cccc(CN)c1)C(=O)Nc1cccc(C(NCC2CC2)c2ccccc2CCc2ccccc2)c1)C(F)(F)F. The van der Waals surface area contributed by atoms with Gasteiger partial charge in [-0.05, 0) is 96.3 Å². The van der Waals surface area contributed by atoms with E-state index < -0.39 is 17.7 Å². The molecule has 0 radical (unpaired) electrons. The third-order valence-electron chi connectivity index (χ3n) is 8.05. The molecule has 0 aliphatic heterocycles. The number of nitrogens with one attached hydrogen (secondary N) is 3. The number of alkyl halides is 3. The Kier molecular flexibility index (Phi) is 10.7. The van der Waals surface area contributed by atoms with Crippen molar-refractivity contribution < 1.29 is 18.0 Å². The smallest absolute Gasteiger partial charge is 0.351 e. The van der Waals surface area contributed by atoms with E-state index in [0.29, 0.717) is 17.3 Å². The second-order valence-electron chi connectivity index (χ2n) is 11.7. The van der Waals surface area contributed by atoms with E-state index in [1.54, 1.807) is 30.3 Å². The summed E-state index contributed by atoms with van der Waals surface area (Å²) in [6.45, 7) is 4.25. The zero-order valence-electron chi connectivity index (χ0n) is 25.6. The van der Waals surface area contributed by atoms with Gasteiger partial charge in [-0.15, -0.1) is 0 Å². The third-order valence-corrected chi connectivity index (χ3v) is 8.05. The fraction of sp³-hybridized carbons (Fsp3) is 0.237. The zero-order valence-corrected chi connectivity index (χ0v) is 25.6. The van der Waals surface area contributed by atoms with Gasteiger partial charge in [0.15, 0.2) is 0 Å². The summed E-state index contributed by atoms with van der Waals surface area (Å²) in [5, 5.41) is 9.40. The van der Waals surface area contributed by atoms with Gasteiger partial charge in [0.2, 0.25) is 0 Å². The maximum absolute atomic E-state index is 13.5. The molecule has 1 amide bonds. The van der Waals surface area contributed by atoms with Gasteiger partial charge in [-0.25, -0.2) is 0 Å². The number of aryl methyl sites for hydroxylation is 2. The zero-order chi connectivity index (χ0) is 32.5. The Morgan fingerprint density at radius 3 is 2.24 bits per heavy atom. The molecule has 238 valence electrons. The van der Waals surface area contributed by atoms with Crippen LogP contribution in [0.2, 0.25) is 0 Å². The van der Waals surface area contributed by atoms with Gasteiger partial charge in [-0.1, -0.05) is 85.4 Å². The van der Waals surface area contributed by atoms with Gasteiger partial charge in [-0.2, -0.15) is 13.2 Å². The Morgan fingerprint density at radius 1 is 0.848 bits per heavy atom. The lowest BCUT2D eigenvalue weighted by molar-refractivity contribution is -0.112. The second kappa shape index (κ2) is 15.1. The number of benzene rings is 4. The van der Waals surface area contributed by atoms with Crippen molar-refractivity contribution >= 4 is 17.3 Å². The van der Waals surface area contributed by atoms with Crippen LogP contribution in [0.15, 0.2) is 127 Å². The first kappa shape index (κ1) is 32.7. The van der Waals surface area contributed by atoms with Crippen molar-refractivity contribution in [1.29, 1.82) is 0 Å². The highest BCUT2D eigenvalue weighted by atomic mass is 19.4. The summed E-state index contributed by atoms with van der Waals surface area (Å²) in [5.41, 5.74) is 10.6. The lowest BCUT2D eigenvalue weighted by Gasteiger charge is -2.24. The van der Waals surface area contributed by atoms with E-state index in [9.17, 15) is 18.0 Å². The van der Waals surface area contributed by atoms with Gasteiger partial charge in [0.25, 0.3) is 5.91 Å². The molecule has 1 aliphatic carbocycles. The fourth-order valence-corrected chi connectivity index (χ4v) is 5.32. The highest BCUT2D eigenvalue weighted by Crippen LogP contribution is 2.32. The molecule has 5 rings (SSSR count). The molecule has 1 atom stereocenters. The normalized spacial score (nSPS) is 14.0. The van der Waals surface area contributed by atoms with Crippen molar-refractivity contribution in [2.45, 2.75) is 44.4 Å². The molecule has 0 saturated heterocycles. The number of rotatable bonds is 14. The monoisotopic (exact) mass is 624 g/mol. The molecule has 0 aromatic heterocycles. The Balaban J connectivity index is 1.41. The Morgan fingerprint density at radius 2 is 1.52 bits per heavy atom. The molecular formula is C38H39F3N4O. The van der Waals surface area contributed by atoms with Crippen LogP contribution in [0, 0.1) is 5.92 Å². The lowest BCUT2D eigenvalue weighted by Crippen LogP contribution is -2.26. The molecule has 0 spiro atoms. The van der Waals surface area contributed by atoms with Crippen molar-refractivity contribution in [3.63, 3.8) is 0 Å². The standard InChI is InChI=1S/C38H39F3N4O/c1-26(38(39,40)41)21-35(44-32-14-7-11-29(22-32)24-42)37(46)45-33-15-8-13-31(23-33)36(43-25-28-17-18-28)34-16-6-5-12-30(34)20-19-27-9-3-2-4-10-27/h2-16,21-23,28,36,43-44H,1,17-20,24-25,42H2,(H,45,46)/b35-21-. The first-order valence-electron chi connectivity index (χ1n) is 15.5. The summed E-state index contributed by atoms with van der Waals surface area (Å²) in [6, 6.07) is 32.9. The van der Waals surface area contributed by atoms with E-state index in [2.05, 4.69) is 52.9 Å². The van der Waals surface area contributed by atoms with Gasteiger partial charge >= 0.3 is 6.18 Å². The van der Waals surface area contributed by atoms with Crippen molar-refractivity contribution in [3.8, 4) is 0 Å². The number of allylic oxidation sites excluding steroid dienone is 2. The summed E-state index contributed by atoms with van der Waals surface area (Å²) in [5.74, 6) is -0.0911. The van der Waals surface area contributed by atoms with E-state index in [1.165, 1.54) is 24.0 Å². The molecule has 46 heavy (non-hydrogen) atoms.